The molecule has 0 spiro atoms. The number of carbonyl (C=O) groups is 1. The second-order valence-electron chi connectivity index (χ2n) is 7.31. The molecule has 31 heavy (non-hydrogen) atoms. The van der Waals surface area contributed by atoms with Crippen molar-refractivity contribution in [3.05, 3.63) is 59.6 Å². The normalized spacial score (nSPS) is 16.2. The van der Waals surface area contributed by atoms with Gasteiger partial charge in [-0.2, -0.15) is 10.2 Å². The van der Waals surface area contributed by atoms with Crippen molar-refractivity contribution in [2.24, 2.45) is 0 Å². The van der Waals surface area contributed by atoms with Crippen LogP contribution in [0.25, 0.3) is 11.4 Å². The molecule has 1 aliphatic rings. The van der Waals surface area contributed by atoms with E-state index in [4.69, 9.17) is 14.5 Å². The van der Waals surface area contributed by atoms with Crippen LogP contribution in [-0.2, 0) is 16.1 Å². The Morgan fingerprint density at radius 2 is 2.29 bits per heavy atom. The number of hydrogen-bond donors (Lipinski definition) is 1. The molecule has 1 fully saturated rings. The maximum atomic E-state index is 11.6. The smallest absolute Gasteiger partial charge is 0.251 e. The summed E-state index contributed by atoms with van der Waals surface area (Å²) in [7, 11) is 1.46. The molecule has 1 N–H and O–H groups in total. The van der Waals surface area contributed by atoms with Crippen LogP contribution in [0.1, 0.15) is 35.9 Å². The molecule has 1 amide bonds. The molecule has 0 radical (unpaired) electrons. The summed E-state index contributed by atoms with van der Waals surface area (Å²) in [6.07, 6.45) is 3.57. The number of carbonyl (C=O) groups excluding carboxylic acids is 1. The average molecular weight is 418 g/mol. The van der Waals surface area contributed by atoms with E-state index in [1.54, 1.807) is 24.4 Å². The van der Waals surface area contributed by atoms with Gasteiger partial charge >= 0.3 is 0 Å². The standard InChI is InChI=1S/C22H22N6O3/c1-30-14-20(29)25-19-8-7-17(12-24-19)21-26-22(31-27-21)18-6-3-9-28(18)13-16-5-2-4-15(10-16)11-23/h2,4-5,7-8,10,12,18H,3,6,9,13-14H2,1H3,(H,24,25,29)/t18-/m1/s1. The SMILES string of the molecule is COCC(=O)Nc1ccc(-c2noc([C@H]3CCCN3Cc3cccc(C#N)c3)n2)cn1. The second kappa shape index (κ2) is 9.47. The van der Waals surface area contributed by atoms with E-state index >= 15 is 0 Å². The lowest BCUT2D eigenvalue weighted by atomic mass is 10.1. The van der Waals surface area contributed by atoms with E-state index in [1.807, 2.05) is 18.2 Å². The third-order valence-electron chi connectivity index (χ3n) is 5.10. The van der Waals surface area contributed by atoms with Gasteiger partial charge in [0.2, 0.25) is 11.7 Å². The van der Waals surface area contributed by atoms with E-state index in [0.717, 1.165) is 31.5 Å². The summed E-state index contributed by atoms with van der Waals surface area (Å²) < 4.78 is 10.4. The van der Waals surface area contributed by atoms with Crippen LogP contribution in [0, 0.1) is 11.3 Å². The molecule has 9 heteroatoms. The van der Waals surface area contributed by atoms with E-state index in [0.29, 0.717) is 28.7 Å². The lowest BCUT2D eigenvalue weighted by Gasteiger charge is -2.21. The van der Waals surface area contributed by atoms with Crippen molar-refractivity contribution < 1.29 is 14.1 Å². The minimum Gasteiger partial charge on any atom is -0.375 e. The van der Waals surface area contributed by atoms with Crippen LogP contribution in [0.15, 0.2) is 47.1 Å². The van der Waals surface area contributed by atoms with Gasteiger partial charge in [0.1, 0.15) is 12.4 Å². The van der Waals surface area contributed by atoms with Crippen molar-refractivity contribution in [3.63, 3.8) is 0 Å². The lowest BCUT2D eigenvalue weighted by molar-refractivity contribution is -0.119. The fourth-order valence-electron chi connectivity index (χ4n) is 3.67. The predicted octanol–water partition coefficient (Wildman–Crippen LogP) is 2.93. The molecule has 9 nitrogen and oxygen atoms in total. The Bertz CT molecular complexity index is 1090. The quantitative estimate of drug-likeness (QED) is 0.622. The summed E-state index contributed by atoms with van der Waals surface area (Å²) in [4.78, 5) is 22.7. The Morgan fingerprint density at radius 3 is 3.06 bits per heavy atom. The van der Waals surface area contributed by atoms with Gasteiger partial charge in [0.15, 0.2) is 0 Å². The molecule has 2 aromatic heterocycles. The minimum atomic E-state index is -0.272. The molecule has 0 unspecified atom stereocenters. The first-order valence-electron chi connectivity index (χ1n) is 9.98. The van der Waals surface area contributed by atoms with E-state index in [2.05, 4.69) is 31.4 Å². The third-order valence-corrected chi connectivity index (χ3v) is 5.10. The van der Waals surface area contributed by atoms with Crippen molar-refractivity contribution >= 4 is 11.7 Å². The van der Waals surface area contributed by atoms with Crippen LogP contribution in [-0.4, -0.2) is 46.2 Å². The van der Waals surface area contributed by atoms with Crippen LogP contribution in [0.3, 0.4) is 0 Å². The highest BCUT2D eigenvalue weighted by molar-refractivity contribution is 5.90. The molecule has 1 atom stereocenters. The first-order valence-corrected chi connectivity index (χ1v) is 9.98. The van der Waals surface area contributed by atoms with E-state index in [-0.39, 0.29) is 18.6 Å². The number of nitriles is 1. The molecule has 1 saturated heterocycles. The highest BCUT2D eigenvalue weighted by atomic mass is 16.5. The highest BCUT2D eigenvalue weighted by Crippen LogP contribution is 2.33. The predicted molar refractivity (Wildman–Crippen MR) is 112 cm³/mol. The third kappa shape index (κ3) is 4.94. The Morgan fingerprint density at radius 1 is 1.39 bits per heavy atom. The average Bonchev–Trinajstić information content (AvgIpc) is 3.44. The monoisotopic (exact) mass is 418 g/mol. The molecule has 1 aromatic carbocycles. The van der Waals surface area contributed by atoms with Gasteiger partial charge in [-0.15, -0.1) is 0 Å². The van der Waals surface area contributed by atoms with Crippen molar-refractivity contribution in [2.75, 3.05) is 25.6 Å². The lowest BCUT2D eigenvalue weighted by Crippen LogP contribution is -2.23. The maximum Gasteiger partial charge on any atom is 0.251 e. The van der Waals surface area contributed by atoms with E-state index in [1.165, 1.54) is 7.11 Å². The minimum absolute atomic E-state index is 0.0314. The first kappa shape index (κ1) is 20.7. The summed E-state index contributed by atoms with van der Waals surface area (Å²) in [5, 5.41) is 15.9. The number of rotatable bonds is 7. The number of hydrogen-bond acceptors (Lipinski definition) is 8. The van der Waals surface area contributed by atoms with Crippen LogP contribution in [0.5, 0.6) is 0 Å². The van der Waals surface area contributed by atoms with Gasteiger partial charge in [-0.3, -0.25) is 9.69 Å². The topological polar surface area (TPSA) is 117 Å². The number of methoxy groups -OCH3 is 1. The highest BCUT2D eigenvalue weighted by Gasteiger charge is 2.31. The molecule has 0 bridgehead atoms. The second-order valence-corrected chi connectivity index (χ2v) is 7.31. The molecule has 1 aliphatic heterocycles. The summed E-state index contributed by atoms with van der Waals surface area (Å²) >= 11 is 0. The van der Waals surface area contributed by atoms with Crippen LogP contribution < -0.4 is 5.32 Å². The zero-order chi connectivity index (χ0) is 21.6. The van der Waals surface area contributed by atoms with Crippen molar-refractivity contribution in [1.29, 1.82) is 5.26 Å². The number of ether oxygens (including phenoxy) is 1. The number of benzene rings is 1. The molecular weight excluding hydrogens is 396 g/mol. The fraction of sp³-hybridized carbons (Fsp3) is 0.318. The largest absolute Gasteiger partial charge is 0.375 e. The van der Waals surface area contributed by atoms with E-state index in [9.17, 15) is 4.79 Å². The molecule has 3 aromatic rings. The molecule has 3 heterocycles. The van der Waals surface area contributed by atoms with Crippen LogP contribution >= 0.6 is 0 Å². The van der Waals surface area contributed by atoms with Gasteiger partial charge < -0.3 is 14.6 Å². The number of nitrogens with zero attached hydrogens (tertiary/aromatic N) is 5. The Balaban J connectivity index is 1.45. The van der Waals surface area contributed by atoms with Gasteiger partial charge in [-0.05, 0) is 49.2 Å². The Labute approximate surface area is 179 Å². The molecule has 0 aliphatic carbocycles. The number of aromatic nitrogens is 3. The van der Waals surface area contributed by atoms with Gasteiger partial charge in [0.05, 0.1) is 17.7 Å². The summed E-state index contributed by atoms with van der Waals surface area (Å²) in [6, 6.07) is 13.3. The summed E-state index contributed by atoms with van der Waals surface area (Å²) in [6.45, 7) is 1.61. The van der Waals surface area contributed by atoms with Crippen molar-refractivity contribution in [1.82, 2.24) is 20.0 Å². The van der Waals surface area contributed by atoms with Gasteiger partial charge in [0, 0.05) is 25.4 Å². The van der Waals surface area contributed by atoms with Crippen LogP contribution in [0.4, 0.5) is 5.82 Å². The Hall–Kier alpha value is -3.61. The zero-order valence-corrected chi connectivity index (χ0v) is 17.1. The van der Waals surface area contributed by atoms with Gasteiger partial charge in [-0.25, -0.2) is 4.98 Å². The maximum absolute atomic E-state index is 11.6. The molecule has 4 rings (SSSR count). The van der Waals surface area contributed by atoms with Crippen LogP contribution in [0.2, 0.25) is 0 Å². The number of amides is 1. The number of likely N-dealkylation sites (tertiary alicyclic amines) is 1. The van der Waals surface area contributed by atoms with Crippen molar-refractivity contribution in [2.45, 2.75) is 25.4 Å². The molecular formula is C22H22N6O3. The number of anilines is 1. The summed E-state index contributed by atoms with van der Waals surface area (Å²) in [5.74, 6) is 1.18. The number of nitrogens with one attached hydrogen (secondary N) is 1. The van der Waals surface area contributed by atoms with Crippen molar-refractivity contribution in [3.8, 4) is 17.5 Å². The molecule has 0 saturated carbocycles. The Kier molecular flexibility index (Phi) is 6.31. The fourth-order valence-corrected chi connectivity index (χ4v) is 3.67. The summed E-state index contributed by atoms with van der Waals surface area (Å²) in [5.41, 5.74) is 2.44. The first-order chi connectivity index (χ1) is 15.2. The number of pyridine rings is 1. The molecule has 158 valence electrons. The zero-order valence-electron chi connectivity index (χ0n) is 17.1. The van der Waals surface area contributed by atoms with Gasteiger partial charge in [-0.1, -0.05) is 17.3 Å². The van der Waals surface area contributed by atoms with E-state index < -0.39 is 0 Å². The van der Waals surface area contributed by atoms with Gasteiger partial charge in [0.25, 0.3) is 5.91 Å².